The molecular formula is C19H31N3O. The zero-order chi connectivity index (χ0) is 16.8. The van der Waals surface area contributed by atoms with Crippen LogP contribution in [0.4, 0.5) is 11.4 Å². The van der Waals surface area contributed by atoms with E-state index < -0.39 is 0 Å². The Kier molecular flexibility index (Phi) is 6.31. The summed E-state index contributed by atoms with van der Waals surface area (Å²) in [5, 5.41) is 0. The van der Waals surface area contributed by atoms with E-state index in [1.54, 1.807) is 0 Å². The minimum absolute atomic E-state index is 0.136. The maximum atomic E-state index is 13.0. The lowest BCUT2D eigenvalue weighted by Gasteiger charge is -2.32. The average molecular weight is 317 g/mol. The summed E-state index contributed by atoms with van der Waals surface area (Å²) in [5.74, 6) is 0.854. The van der Waals surface area contributed by atoms with Crippen LogP contribution in [-0.4, -0.2) is 37.0 Å². The second kappa shape index (κ2) is 8.23. The lowest BCUT2D eigenvalue weighted by molar-refractivity contribution is 0.0698. The molecule has 1 aromatic carbocycles. The van der Waals surface area contributed by atoms with Gasteiger partial charge in [0.25, 0.3) is 5.91 Å². The molecule has 0 atom stereocenters. The summed E-state index contributed by atoms with van der Waals surface area (Å²) < 4.78 is 0. The maximum absolute atomic E-state index is 13.0. The topological polar surface area (TPSA) is 49.6 Å². The van der Waals surface area contributed by atoms with Crippen molar-refractivity contribution < 1.29 is 4.79 Å². The first-order chi connectivity index (χ1) is 11.1. The van der Waals surface area contributed by atoms with E-state index in [9.17, 15) is 4.79 Å². The molecule has 1 saturated heterocycles. The Morgan fingerprint density at radius 3 is 2.39 bits per heavy atom. The Bertz CT molecular complexity index is 515. The van der Waals surface area contributed by atoms with Crippen LogP contribution in [0.15, 0.2) is 18.2 Å². The molecule has 128 valence electrons. The van der Waals surface area contributed by atoms with Gasteiger partial charge < -0.3 is 15.5 Å². The van der Waals surface area contributed by atoms with Crippen molar-refractivity contribution in [3.8, 4) is 0 Å². The maximum Gasteiger partial charge on any atom is 0.256 e. The first-order valence-electron chi connectivity index (χ1n) is 9.00. The highest BCUT2D eigenvalue weighted by Crippen LogP contribution is 2.27. The molecule has 1 fully saturated rings. The predicted octanol–water partition coefficient (Wildman–Crippen LogP) is 3.77. The molecule has 0 saturated carbocycles. The molecule has 23 heavy (non-hydrogen) atoms. The Balaban J connectivity index is 2.28. The summed E-state index contributed by atoms with van der Waals surface area (Å²) in [4.78, 5) is 17.3. The third-order valence-corrected chi connectivity index (χ3v) is 4.65. The number of benzene rings is 1. The van der Waals surface area contributed by atoms with E-state index in [2.05, 4.69) is 25.7 Å². The fraction of sp³-hybridized carbons (Fsp3) is 0.632. The normalized spacial score (nSPS) is 15.7. The van der Waals surface area contributed by atoms with Gasteiger partial charge in [-0.25, -0.2) is 0 Å². The minimum Gasteiger partial charge on any atom is -0.399 e. The SMILES string of the molecule is CCCN(CCC)c1ccc(N)cc1C(=O)N1CCC(C)CC1. The molecule has 4 heteroatoms. The third-order valence-electron chi connectivity index (χ3n) is 4.65. The predicted molar refractivity (Wildman–Crippen MR) is 98.0 cm³/mol. The van der Waals surface area contributed by atoms with Crippen molar-refractivity contribution in [3.05, 3.63) is 23.8 Å². The van der Waals surface area contributed by atoms with E-state index in [1.165, 1.54) is 0 Å². The largest absolute Gasteiger partial charge is 0.399 e. The Labute approximate surface area is 140 Å². The van der Waals surface area contributed by atoms with Crippen molar-refractivity contribution in [2.45, 2.75) is 46.5 Å². The van der Waals surface area contributed by atoms with Crippen molar-refractivity contribution in [1.29, 1.82) is 0 Å². The number of amides is 1. The molecule has 0 aromatic heterocycles. The molecule has 0 unspecified atom stereocenters. The van der Waals surface area contributed by atoms with Crippen molar-refractivity contribution in [1.82, 2.24) is 4.90 Å². The molecule has 2 rings (SSSR count). The minimum atomic E-state index is 0.136. The Morgan fingerprint density at radius 1 is 1.22 bits per heavy atom. The van der Waals surface area contributed by atoms with Gasteiger partial charge in [-0.05, 0) is 49.8 Å². The summed E-state index contributed by atoms with van der Waals surface area (Å²) in [6.07, 6.45) is 4.33. The summed E-state index contributed by atoms with van der Waals surface area (Å²) in [6.45, 7) is 10.3. The van der Waals surface area contributed by atoms with E-state index in [-0.39, 0.29) is 5.91 Å². The number of carbonyl (C=O) groups excluding carboxylic acids is 1. The van der Waals surface area contributed by atoms with Gasteiger partial charge in [0.1, 0.15) is 0 Å². The summed E-state index contributed by atoms with van der Waals surface area (Å²) in [6, 6.07) is 5.77. The van der Waals surface area contributed by atoms with Crippen LogP contribution in [0.2, 0.25) is 0 Å². The highest BCUT2D eigenvalue weighted by molar-refractivity contribution is 6.00. The van der Waals surface area contributed by atoms with Gasteiger partial charge in [-0.1, -0.05) is 20.8 Å². The monoisotopic (exact) mass is 317 g/mol. The van der Waals surface area contributed by atoms with Crippen LogP contribution in [0.1, 0.15) is 56.8 Å². The lowest BCUT2D eigenvalue weighted by atomic mass is 9.98. The average Bonchev–Trinajstić information content (AvgIpc) is 2.55. The van der Waals surface area contributed by atoms with Gasteiger partial charge in [0, 0.05) is 37.6 Å². The van der Waals surface area contributed by atoms with Gasteiger partial charge in [0.05, 0.1) is 5.56 Å². The number of rotatable bonds is 6. The van der Waals surface area contributed by atoms with Gasteiger partial charge in [-0.2, -0.15) is 0 Å². The molecule has 1 aliphatic rings. The van der Waals surface area contributed by atoms with Gasteiger partial charge in [0.15, 0.2) is 0 Å². The zero-order valence-corrected chi connectivity index (χ0v) is 14.8. The molecule has 1 heterocycles. The number of nitrogen functional groups attached to an aromatic ring is 1. The van der Waals surface area contributed by atoms with E-state index in [0.717, 1.165) is 69.0 Å². The number of carbonyl (C=O) groups is 1. The number of piperidine rings is 1. The van der Waals surface area contributed by atoms with Gasteiger partial charge >= 0.3 is 0 Å². The second-order valence-electron chi connectivity index (χ2n) is 6.74. The number of anilines is 2. The molecule has 1 aliphatic heterocycles. The molecular weight excluding hydrogens is 286 g/mol. The van der Waals surface area contributed by atoms with Crippen LogP contribution in [0.5, 0.6) is 0 Å². The van der Waals surface area contributed by atoms with Crippen molar-refractivity contribution in [3.63, 3.8) is 0 Å². The molecule has 0 bridgehead atoms. The summed E-state index contributed by atoms with van der Waals surface area (Å²) in [7, 11) is 0. The van der Waals surface area contributed by atoms with Crippen molar-refractivity contribution >= 4 is 17.3 Å². The van der Waals surface area contributed by atoms with Gasteiger partial charge in [-0.15, -0.1) is 0 Å². The second-order valence-corrected chi connectivity index (χ2v) is 6.74. The van der Waals surface area contributed by atoms with E-state index >= 15 is 0 Å². The zero-order valence-electron chi connectivity index (χ0n) is 14.8. The standard InChI is InChI=1S/C19H31N3O/c1-4-10-21(11-5-2)18-7-6-16(20)14-17(18)19(23)22-12-8-15(3)9-13-22/h6-7,14-15H,4-5,8-13,20H2,1-3H3. The smallest absolute Gasteiger partial charge is 0.256 e. The first kappa shape index (κ1) is 17.6. The molecule has 1 aromatic rings. The van der Waals surface area contributed by atoms with Crippen LogP contribution >= 0.6 is 0 Å². The fourth-order valence-electron chi connectivity index (χ4n) is 3.28. The Hall–Kier alpha value is -1.71. The van der Waals surface area contributed by atoms with E-state index in [0.29, 0.717) is 5.69 Å². The molecule has 4 nitrogen and oxygen atoms in total. The first-order valence-corrected chi connectivity index (χ1v) is 9.00. The summed E-state index contributed by atoms with van der Waals surface area (Å²) in [5.41, 5.74) is 8.44. The number of hydrogen-bond donors (Lipinski definition) is 1. The van der Waals surface area contributed by atoms with Crippen LogP contribution < -0.4 is 10.6 Å². The van der Waals surface area contributed by atoms with Crippen LogP contribution in [-0.2, 0) is 0 Å². The van der Waals surface area contributed by atoms with Crippen molar-refractivity contribution in [2.24, 2.45) is 5.92 Å². The quantitative estimate of drug-likeness (QED) is 0.813. The van der Waals surface area contributed by atoms with Crippen LogP contribution in [0.25, 0.3) is 0 Å². The number of nitrogens with zero attached hydrogens (tertiary/aromatic N) is 2. The lowest BCUT2D eigenvalue weighted by Crippen LogP contribution is -2.39. The fourth-order valence-corrected chi connectivity index (χ4v) is 3.28. The number of hydrogen-bond acceptors (Lipinski definition) is 3. The molecule has 0 radical (unpaired) electrons. The number of likely N-dealkylation sites (tertiary alicyclic amines) is 1. The van der Waals surface area contributed by atoms with Crippen LogP contribution in [0.3, 0.4) is 0 Å². The van der Waals surface area contributed by atoms with Crippen LogP contribution in [0, 0.1) is 5.92 Å². The summed E-state index contributed by atoms with van der Waals surface area (Å²) >= 11 is 0. The van der Waals surface area contributed by atoms with Crippen molar-refractivity contribution in [2.75, 3.05) is 36.8 Å². The molecule has 2 N–H and O–H groups in total. The van der Waals surface area contributed by atoms with Gasteiger partial charge in [0.2, 0.25) is 0 Å². The highest BCUT2D eigenvalue weighted by atomic mass is 16.2. The molecule has 1 amide bonds. The van der Waals surface area contributed by atoms with E-state index in [4.69, 9.17) is 5.73 Å². The van der Waals surface area contributed by atoms with Gasteiger partial charge in [-0.3, -0.25) is 4.79 Å². The third kappa shape index (κ3) is 4.40. The molecule has 0 spiro atoms. The Morgan fingerprint density at radius 2 is 1.83 bits per heavy atom. The number of nitrogens with two attached hydrogens (primary N) is 1. The highest BCUT2D eigenvalue weighted by Gasteiger charge is 2.24. The molecule has 0 aliphatic carbocycles. The van der Waals surface area contributed by atoms with E-state index in [1.807, 2.05) is 23.1 Å².